The summed E-state index contributed by atoms with van der Waals surface area (Å²) in [6, 6.07) is 14.4. The third kappa shape index (κ3) is 5.90. The maximum atomic E-state index is 14.9. The Morgan fingerprint density at radius 1 is 0.978 bits per heavy atom. The van der Waals surface area contributed by atoms with Gasteiger partial charge in [0, 0.05) is 42.4 Å². The lowest BCUT2D eigenvalue weighted by atomic mass is 9.70. The number of amides is 3. The number of aliphatic hydroxyl groups is 1. The number of fused-ring (bicyclic) bond motifs is 1. The van der Waals surface area contributed by atoms with Gasteiger partial charge >= 0.3 is 0 Å². The molecule has 1 N–H and O–H groups in total. The number of rotatable bonds is 14. The van der Waals surface area contributed by atoms with Gasteiger partial charge in [-0.2, -0.15) is 0 Å². The normalized spacial score (nSPS) is 26.5. The maximum absolute atomic E-state index is 14.9. The first-order valence-corrected chi connectivity index (χ1v) is 16.8. The molecule has 0 aliphatic carbocycles. The van der Waals surface area contributed by atoms with E-state index in [0.29, 0.717) is 25.8 Å². The summed E-state index contributed by atoms with van der Waals surface area (Å²) in [7, 11) is 0. The summed E-state index contributed by atoms with van der Waals surface area (Å²) in [5, 5.41) is 9.26. The number of unbranched alkanes of at least 4 members (excludes halogenated alkanes) is 3. The molecule has 3 heterocycles. The fourth-order valence-corrected chi connectivity index (χ4v) is 8.66. The summed E-state index contributed by atoms with van der Waals surface area (Å²) in [6.45, 7) is 12.8. The van der Waals surface area contributed by atoms with Crippen molar-refractivity contribution < 1.29 is 24.2 Å². The fourth-order valence-electron chi connectivity index (χ4n) is 7.72. The SMILES string of the molecule is C=CCN(C(=O)[C@H]1[C@@H]2OC3(CC2Br)C(C(=O)N(CC=C)c2c(C)cccc2C)N(CCCCCCO)C(=O)[C@H]13)c1ccccc1. The van der Waals surface area contributed by atoms with Crippen molar-refractivity contribution in [2.24, 2.45) is 11.8 Å². The van der Waals surface area contributed by atoms with Crippen molar-refractivity contribution in [3.8, 4) is 0 Å². The van der Waals surface area contributed by atoms with Crippen LogP contribution in [0.25, 0.3) is 0 Å². The van der Waals surface area contributed by atoms with Crippen LogP contribution in [0.4, 0.5) is 11.4 Å². The highest BCUT2D eigenvalue weighted by Gasteiger charge is 2.77. The Morgan fingerprint density at radius 3 is 2.27 bits per heavy atom. The van der Waals surface area contributed by atoms with Gasteiger partial charge in [-0.3, -0.25) is 14.4 Å². The molecule has 2 bridgehead atoms. The van der Waals surface area contributed by atoms with Crippen LogP contribution in [0.3, 0.4) is 0 Å². The molecule has 0 saturated carbocycles. The summed E-state index contributed by atoms with van der Waals surface area (Å²) in [4.78, 5) is 48.9. The molecule has 5 rings (SSSR count). The number of aryl methyl sites for hydroxylation is 2. The molecule has 3 amide bonds. The summed E-state index contributed by atoms with van der Waals surface area (Å²) in [5.74, 6) is -2.20. The van der Waals surface area contributed by atoms with Gasteiger partial charge in [0.25, 0.3) is 5.91 Å². The number of halogens is 1. The van der Waals surface area contributed by atoms with Crippen LogP contribution in [-0.4, -0.2) is 76.5 Å². The molecule has 0 aromatic heterocycles. The van der Waals surface area contributed by atoms with Gasteiger partial charge in [-0.05, 0) is 56.4 Å². The average Bonchev–Trinajstić information content (AvgIpc) is 3.62. The van der Waals surface area contributed by atoms with E-state index in [1.807, 2.05) is 62.4 Å². The van der Waals surface area contributed by atoms with Crippen LogP contribution >= 0.6 is 15.9 Å². The van der Waals surface area contributed by atoms with Crippen LogP contribution in [0.1, 0.15) is 43.2 Å². The molecular formula is C36H44BrN3O5. The molecule has 0 radical (unpaired) electrons. The molecule has 1 spiro atoms. The minimum atomic E-state index is -1.16. The highest BCUT2D eigenvalue weighted by molar-refractivity contribution is 9.09. The topological polar surface area (TPSA) is 90.4 Å². The maximum Gasteiger partial charge on any atom is 0.253 e. The molecule has 45 heavy (non-hydrogen) atoms. The summed E-state index contributed by atoms with van der Waals surface area (Å²) < 4.78 is 6.81. The highest BCUT2D eigenvalue weighted by Crippen LogP contribution is 2.60. The minimum absolute atomic E-state index is 0.121. The van der Waals surface area contributed by atoms with E-state index in [1.54, 1.807) is 26.9 Å². The van der Waals surface area contributed by atoms with E-state index in [9.17, 15) is 19.5 Å². The number of anilines is 2. The lowest BCUT2D eigenvalue weighted by Gasteiger charge is -2.38. The van der Waals surface area contributed by atoms with Crippen molar-refractivity contribution in [1.82, 2.24) is 4.90 Å². The Kier molecular flexibility index (Phi) is 10.3. The van der Waals surface area contributed by atoms with E-state index < -0.39 is 29.6 Å². The number of carbonyl (C=O) groups is 3. The van der Waals surface area contributed by atoms with E-state index in [0.717, 1.165) is 35.3 Å². The number of benzene rings is 2. The first kappa shape index (κ1) is 33.1. The number of hydrogen-bond donors (Lipinski definition) is 1. The summed E-state index contributed by atoms with van der Waals surface area (Å²) >= 11 is 3.80. The number of hydrogen-bond acceptors (Lipinski definition) is 5. The van der Waals surface area contributed by atoms with Gasteiger partial charge in [0.05, 0.1) is 17.9 Å². The number of aliphatic hydroxyl groups excluding tert-OH is 1. The number of ether oxygens (including phenoxy) is 1. The Labute approximate surface area is 274 Å². The van der Waals surface area contributed by atoms with Crippen molar-refractivity contribution in [1.29, 1.82) is 0 Å². The summed E-state index contributed by atoms with van der Waals surface area (Å²) in [6.07, 6.45) is 6.27. The van der Waals surface area contributed by atoms with Gasteiger partial charge < -0.3 is 24.5 Å². The molecular weight excluding hydrogens is 634 g/mol. The van der Waals surface area contributed by atoms with E-state index >= 15 is 0 Å². The number of alkyl halides is 1. The zero-order chi connectivity index (χ0) is 32.3. The first-order chi connectivity index (χ1) is 21.7. The number of carbonyl (C=O) groups excluding carboxylic acids is 3. The molecule has 2 aromatic rings. The van der Waals surface area contributed by atoms with E-state index in [-0.39, 0.29) is 42.2 Å². The monoisotopic (exact) mass is 677 g/mol. The van der Waals surface area contributed by atoms with E-state index in [2.05, 4.69) is 29.1 Å². The molecule has 9 heteroatoms. The van der Waals surface area contributed by atoms with Crippen LogP contribution in [0.5, 0.6) is 0 Å². The highest BCUT2D eigenvalue weighted by atomic mass is 79.9. The number of para-hydroxylation sites is 2. The smallest absolute Gasteiger partial charge is 0.253 e. The standard InChI is InChI=1S/C36H44BrN3O5/c1-5-19-38(26-17-10-9-11-18-26)33(42)28-29-34(43)40(21-12-7-8-13-22-41)32(36(29)23-27(37)31(28)45-36)35(44)39(20-6-2)30-24(3)15-14-16-25(30)4/h5-6,9-11,14-18,27-29,31-32,41H,1-2,7-8,12-13,19-23H2,3-4H3/t27?,28-,29+,31-,32?,36?/m1/s1. The van der Waals surface area contributed by atoms with Gasteiger partial charge in [-0.25, -0.2) is 0 Å². The minimum Gasteiger partial charge on any atom is -0.396 e. The molecule has 3 saturated heterocycles. The predicted molar refractivity (Wildman–Crippen MR) is 180 cm³/mol. The molecule has 3 aliphatic rings. The van der Waals surface area contributed by atoms with Gasteiger partial charge in [-0.15, -0.1) is 13.2 Å². The number of likely N-dealkylation sites (tertiary alicyclic amines) is 1. The van der Waals surface area contributed by atoms with Crippen LogP contribution < -0.4 is 9.80 Å². The lowest BCUT2D eigenvalue weighted by Crippen LogP contribution is -2.57. The average molecular weight is 679 g/mol. The predicted octanol–water partition coefficient (Wildman–Crippen LogP) is 5.34. The zero-order valence-electron chi connectivity index (χ0n) is 26.2. The molecule has 8 nitrogen and oxygen atoms in total. The third-order valence-corrected chi connectivity index (χ3v) is 10.4. The Morgan fingerprint density at radius 2 is 1.62 bits per heavy atom. The second kappa shape index (κ2) is 14.0. The van der Waals surface area contributed by atoms with Crippen molar-refractivity contribution >= 4 is 45.0 Å². The van der Waals surface area contributed by atoms with Crippen molar-refractivity contribution in [3.05, 3.63) is 85.0 Å². The van der Waals surface area contributed by atoms with E-state index in [4.69, 9.17) is 4.74 Å². The summed E-state index contributed by atoms with van der Waals surface area (Å²) in [5.41, 5.74) is 2.26. The van der Waals surface area contributed by atoms with Crippen molar-refractivity contribution in [3.63, 3.8) is 0 Å². The second-order valence-corrected chi connectivity index (χ2v) is 13.6. The quantitative estimate of drug-likeness (QED) is 0.166. The molecule has 240 valence electrons. The lowest BCUT2D eigenvalue weighted by molar-refractivity contribution is -0.140. The van der Waals surface area contributed by atoms with Crippen LogP contribution in [-0.2, 0) is 19.1 Å². The molecule has 3 unspecified atom stereocenters. The molecule has 6 atom stereocenters. The molecule has 3 aliphatic heterocycles. The largest absolute Gasteiger partial charge is 0.396 e. The van der Waals surface area contributed by atoms with Gasteiger partial charge in [-0.1, -0.05) is 77.3 Å². The molecule has 2 aromatic carbocycles. The van der Waals surface area contributed by atoms with Gasteiger partial charge in [0.15, 0.2) is 0 Å². The Hall–Kier alpha value is -3.27. The number of nitrogens with zero attached hydrogens (tertiary/aromatic N) is 3. The second-order valence-electron chi connectivity index (χ2n) is 12.4. The Balaban J connectivity index is 1.57. The first-order valence-electron chi connectivity index (χ1n) is 15.9. The van der Waals surface area contributed by atoms with Crippen LogP contribution in [0.2, 0.25) is 0 Å². The zero-order valence-corrected chi connectivity index (χ0v) is 27.8. The molecule has 3 fully saturated rings. The van der Waals surface area contributed by atoms with Gasteiger partial charge in [0.1, 0.15) is 11.6 Å². The van der Waals surface area contributed by atoms with Crippen molar-refractivity contribution in [2.45, 2.75) is 68.5 Å². The van der Waals surface area contributed by atoms with Crippen molar-refractivity contribution in [2.75, 3.05) is 36.0 Å². The van der Waals surface area contributed by atoms with Gasteiger partial charge in [0.2, 0.25) is 11.8 Å². The van der Waals surface area contributed by atoms with Crippen LogP contribution in [0.15, 0.2) is 73.8 Å². The van der Waals surface area contributed by atoms with Crippen LogP contribution in [0, 0.1) is 25.7 Å². The van der Waals surface area contributed by atoms with E-state index in [1.165, 1.54) is 0 Å². The fraction of sp³-hybridized carbons (Fsp3) is 0.472. The Bertz CT molecular complexity index is 1410. The third-order valence-electron chi connectivity index (χ3n) is 9.55.